The summed E-state index contributed by atoms with van der Waals surface area (Å²) in [6, 6.07) is 0.548. The minimum absolute atomic E-state index is 0.548. The molecule has 0 aromatic carbocycles. The highest BCUT2D eigenvalue weighted by atomic mass is 15.3. The maximum absolute atomic E-state index is 5.66. The van der Waals surface area contributed by atoms with Crippen LogP contribution in [-0.2, 0) is 20.0 Å². The van der Waals surface area contributed by atoms with E-state index in [9.17, 15) is 0 Å². The van der Waals surface area contributed by atoms with Crippen LogP contribution in [0.4, 0.5) is 0 Å². The van der Waals surface area contributed by atoms with E-state index in [0.717, 1.165) is 37.7 Å². The average Bonchev–Trinajstić information content (AvgIpc) is 2.55. The van der Waals surface area contributed by atoms with Crippen LogP contribution in [0.2, 0.25) is 0 Å². The summed E-state index contributed by atoms with van der Waals surface area (Å²) < 4.78 is 2.09. The molecular weight excluding hydrogens is 190 g/mol. The molecule has 15 heavy (non-hydrogen) atoms. The fraction of sp³-hybridized carbons (Fsp3) is 0.800. The second-order valence-electron chi connectivity index (χ2n) is 4.09. The second-order valence-corrected chi connectivity index (χ2v) is 4.09. The Balaban J connectivity index is 2.01. The number of hydrogen-bond donors (Lipinski definition) is 1. The molecule has 1 fully saturated rings. The zero-order chi connectivity index (χ0) is 10.8. The lowest BCUT2D eigenvalue weighted by Crippen LogP contribution is -2.51. The average molecular weight is 209 g/mol. The van der Waals surface area contributed by atoms with Crippen LogP contribution < -0.4 is 5.73 Å². The largest absolute Gasteiger partial charge is 0.329 e. The summed E-state index contributed by atoms with van der Waals surface area (Å²) in [5.74, 6) is 2.10. The molecule has 5 heteroatoms. The second kappa shape index (κ2) is 4.28. The molecule has 1 aliphatic heterocycles. The molecule has 0 aliphatic carbocycles. The van der Waals surface area contributed by atoms with Crippen molar-refractivity contribution in [3.8, 4) is 0 Å². The molecule has 2 N–H and O–H groups in total. The van der Waals surface area contributed by atoms with Gasteiger partial charge in [0.2, 0.25) is 0 Å². The quantitative estimate of drug-likeness (QED) is 0.753. The maximum Gasteiger partial charge on any atom is 0.146 e. The van der Waals surface area contributed by atoms with E-state index in [-0.39, 0.29) is 0 Å². The zero-order valence-electron chi connectivity index (χ0n) is 9.48. The Morgan fingerprint density at radius 1 is 1.40 bits per heavy atom. The third-order valence-corrected chi connectivity index (χ3v) is 3.25. The molecular formula is C10H19N5. The van der Waals surface area contributed by atoms with Crippen LogP contribution in [0, 0.1) is 0 Å². The standard InChI is InChI=1S/C10H19N5/c1-3-9-12-13-10(14(9)2)7-15-5-4-8(15)6-11/h8H,3-7,11H2,1-2H3. The van der Waals surface area contributed by atoms with Gasteiger partial charge < -0.3 is 10.3 Å². The summed E-state index contributed by atoms with van der Waals surface area (Å²) in [4.78, 5) is 2.36. The molecule has 2 heterocycles. The Bertz CT molecular complexity index is 331. The van der Waals surface area contributed by atoms with Gasteiger partial charge in [0, 0.05) is 32.6 Å². The lowest BCUT2D eigenvalue weighted by atomic mass is 10.0. The lowest BCUT2D eigenvalue weighted by molar-refractivity contribution is 0.0839. The highest BCUT2D eigenvalue weighted by Gasteiger charge is 2.27. The van der Waals surface area contributed by atoms with Gasteiger partial charge in [-0.15, -0.1) is 10.2 Å². The third-order valence-electron chi connectivity index (χ3n) is 3.25. The van der Waals surface area contributed by atoms with Crippen LogP contribution in [0.3, 0.4) is 0 Å². The Morgan fingerprint density at radius 3 is 2.60 bits per heavy atom. The van der Waals surface area contributed by atoms with Crippen LogP contribution in [-0.4, -0.2) is 38.8 Å². The highest BCUT2D eigenvalue weighted by molar-refractivity contribution is 4.97. The van der Waals surface area contributed by atoms with Crippen LogP contribution >= 0.6 is 0 Å². The van der Waals surface area contributed by atoms with E-state index in [2.05, 4.69) is 26.6 Å². The molecule has 0 spiro atoms. The smallest absolute Gasteiger partial charge is 0.146 e. The molecule has 1 unspecified atom stereocenters. The molecule has 84 valence electrons. The molecule has 1 aromatic heterocycles. The van der Waals surface area contributed by atoms with Gasteiger partial charge in [-0.3, -0.25) is 4.90 Å². The topological polar surface area (TPSA) is 60.0 Å². The molecule has 1 aromatic rings. The number of nitrogens with zero attached hydrogens (tertiary/aromatic N) is 4. The molecule has 0 bridgehead atoms. The summed E-state index contributed by atoms with van der Waals surface area (Å²) in [7, 11) is 2.03. The van der Waals surface area contributed by atoms with Gasteiger partial charge in [-0.05, 0) is 6.42 Å². The minimum Gasteiger partial charge on any atom is -0.329 e. The first-order chi connectivity index (χ1) is 7.26. The fourth-order valence-corrected chi connectivity index (χ4v) is 2.00. The monoisotopic (exact) mass is 209 g/mol. The van der Waals surface area contributed by atoms with Gasteiger partial charge in [0.1, 0.15) is 11.6 Å². The molecule has 1 saturated heterocycles. The van der Waals surface area contributed by atoms with Crippen molar-refractivity contribution < 1.29 is 0 Å². The van der Waals surface area contributed by atoms with Crippen molar-refractivity contribution in [3.05, 3.63) is 11.6 Å². The van der Waals surface area contributed by atoms with E-state index in [1.807, 2.05) is 7.05 Å². The lowest BCUT2D eigenvalue weighted by Gasteiger charge is -2.39. The summed E-state index contributed by atoms with van der Waals surface area (Å²) in [6.45, 7) is 4.86. The minimum atomic E-state index is 0.548. The Labute approximate surface area is 90.3 Å². The molecule has 1 atom stereocenters. The van der Waals surface area contributed by atoms with E-state index >= 15 is 0 Å². The van der Waals surface area contributed by atoms with Gasteiger partial charge in [0.25, 0.3) is 0 Å². The molecule has 1 aliphatic rings. The van der Waals surface area contributed by atoms with E-state index in [1.165, 1.54) is 6.42 Å². The van der Waals surface area contributed by atoms with Gasteiger partial charge in [-0.1, -0.05) is 6.92 Å². The van der Waals surface area contributed by atoms with Crippen LogP contribution in [0.5, 0.6) is 0 Å². The van der Waals surface area contributed by atoms with E-state index in [4.69, 9.17) is 5.73 Å². The predicted octanol–water partition coefficient (Wildman–Crippen LogP) is -0.0895. The van der Waals surface area contributed by atoms with Gasteiger partial charge in [-0.2, -0.15) is 0 Å². The van der Waals surface area contributed by atoms with Crippen molar-refractivity contribution in [1.29, 1.82) is 0 Å². The van der Waals surface area contributed by atoms with Gasteiger partial charge in [-0.25, -0.2) is 0 Å². The summed E-state index contributed by atoms with van der Waals surface area (Å²) in [5.41, 5.74) is 5.66. The summed E-state index contributed by atoms with van der Waals surface area (Å²) in [5, 5.41) is 8.36. The Hall–Kier alpha value is -0.940. The first-order valence-electron chi connectivity index (χ1n) is 5.57. The highest BCUT2D eigenvalue weighted by Crippen LogP contribution is 2.18. The number of hydrogen-bond acceptors (Lipinski definition) is 4. The van der Waals surface area contributed by atoms with E-state index < -0.39 is 0 Å². The van der Waals surface area contributed by atoms with Crippen molar-refractivity contribution >= 4 is 0 Å². The van der Waals surface area contributed by atoms with Gasteiger partial charge in [0.15, 0.2) is 0 Å². The zero-order valence-corrected chi connectivity index (χ0v) is 9.48. The van der Waals surface area contributed by atoms with Crippen molar-refractivity contribution in [3.63, 3.8) is 0 Å². The van der Waals surface area contributed by atoms with Crippen molar-refractivity contribution in [2.24, 2.45) is 12.8 Å². The van der Waals surface area contributed by atoms with Gasteiger partial charge >= 0.3 is 0 Å². The van der Waals surface area contributed by atoms with Crippen LogP contribution in [0.1, 0.15) is 25.0 Å². The van der Waals surface area contributed by atoms with Crippen molar-refractivity contribution in [1.82, 2.24) is 19.7 Å². The van der Waals surface area contributed by atoms with Crippen molar-refractivity contribution in [2.75, 3.05) is 13.1 Å². The fourth-order valence-electron chi connectivity index (χ4n) is 2.00. The van der Waals surface area contributed by atoms with Gasteiger partial charge in [0.05, 0.1) is 6.54 Å². The number of aromatic nitrogens is 3. The van der Waals surface area contributed by atoms with Crippen LogP contribution in [0.15, 0.2) is 0 Å². The normalized spacial score (nSPS) is 21.7. The molecule has 2 rings (SSSR count). The summed E-state index contributed by atoms with van der Waals surface area (Å²) >= 11 is 0. The molecule has 0 radical (unpaired) electrons. The van der Waals surface area contributed by atoms with Crippen molar-refractivity contribution in [2.45, 2.75) is 32.4 Å². The Kier molecular flexibility index (Phi) is 3.02. The first kappa shape index (κ1) is 10.6. The number of nitrogens with two attached hydrogens (primary N) is 1. The number of rotatable bonds is 4. The third kappa shape index (κ3) is 1.89. The van der Waals surface area contributed by atoms with E-state index in [0.29, 0.717) is 6.04 Å². The first-order valence-corrected chi connectivity index (χ1v) is 5.57. The van der Waals surface area contributed by atoms with Crippen LogP contribution in [0.25, 0.3) is 0 Å². The SMILES string of the molecule is CCc1nnc(CN2CCC2CN)n1C. The molecule has 0 amide bonds. The predicted molar refractivity (Wildman–Crippen MR) is 58.3 cm³/mol. The number of aryl methyl sites for hydroxylation is 1. The maximum atomic E-state index is 5.66. The number of likely N-dealkylation sites (tertiary alicyclic amines) is 1. The molecule has 5 nitrogen and oxygen atoms in total. The molecule has 0 saturated carbocycles. The van der Waals surface area contributed by atoms with E-state index in [1.54, 1.807) is 0 Å². The summed E-state index contributed by atoms with van der Waals surface area (Å²) in [6.07, 6.45) is 2.15. The Morgan fingerprint density at radius 2 is 2.13 bits per heavy atom.